The molecule has 1 heterocycles. The number of rotatable bonds is 5. The highest BCUT2D eigenvalue weighted by Gasteiger charge is 2.08. The Morgan fingerprint density at radius 3 is 2.89 bits per heavy atom. The van der Waals surface area contributed by atoms with Gasteiger partial charge in [0.1, 0.15) is 11.5 Å². The van der Waals surface area contributed by atoms with E-state index in [4.69, 9.17) is 14.9 Å². The number of methoxy groups -OCH3 is 1. The molecule has 5 heteroatoms. The van der Waals surface area contributed by atoms with Gasteiger partial charge in [-0.3, -0.25) is 4.79 Å². The number of amides is 1. The van der Waals surface area contributed by atoms with E-state index < -0.39 is 5.91 Å². The monoisotopic (exact) mass is 246 g/mol. The van der Waals surface area contributed by atoms with Crippen molar-refractivity contribution in [2.75, 3.05) is 12.4 Å². The summed E-state index contributed by atoms with van der Waals surface area (Å²) in [6.45, 7) is 0.506. The second-order valence-electron chi connectivity index (χ2n) is 3.71. The molecule has 0 aliphatic heterocycles. The first-order valence-electron chi connectivity index (χ1n) is 5.45. The van der Waals surface area contributed by atoms with Gasteiger partial charge < -0.3 is 20.2 Å². The average Bonchev–Trinajstić information content (AvgIpc) is 2.89. The second kappa shape index (κ2) is 5.27. The van der Waals surface area contributed by atoms with Gasteiger partial charge in [-0.05, 0) is 30.3 Å². The van der Waals surface area contributed by atoms with Crippen LogP contribution in [0.4, 0.5) is 5.69 Å². The Labute approximate surface area is 105 Å². The van der Waals surface area contributed by atoms with Crippen molar-refractivity contribution in [3.8, 4) is 5.75 Å². The highest BCUT2D eigenvalue weighted by molar-refractivity contribution is 5.94. The summed E-state index contributed by atoms with van der Waals surface area (Å²) in [7, 11) is 1.57. The van der Waals surface area contributed by atoms with E-state index in [2.05, 4.69) is 5.32 Å². The number of hydrogen-bond donors (Lipinski definition) is 2. The number of nitrogens with two attached hydrogens (primary N) is 1. The Hall–Kier alpha value is -2.43. The van der Waals surface area contributed by atoms with Crippen LogP contribution in [0.15, 0.2) is 41.0 Å². The number of hydrogen-bond acceptors (Lipinski definition) is 4. The molecule has 0 atom stereocenters. The molecule has 2 rings (SSSR count). The molecule has 18 heavy (non-hydrogen) atoms. The summed E-state index contributed by atoms with van der Waals surface area (Å²) in [4.78, 5) is 11.1. The molecule has 0 unspecified atom stereocenters. The highest BCUT2D eigenvalue weighted by atomic mass is 16.5. The largest absolute Gasteiger partial charge is 0.495 e. The van der Waals surface area contributed by atoms with Crippen LogP contribution in [0.1, 0.15) is 16.1 Å². The van der Waals surface area contributed by atoms with E-state index in [0.29, 0.717) is 23.5 Å². The van der Waals surface area contributed by atoms with Crippen LogP contribution in [0.2, 0.25) is 0 Å². The molecule has 1 aromatic carbocycles. The lowest BCUT2D eigenvalue weighted by molar-refractivity contribution is 0.100. The molecule has 0 aliphatic carbocycles. The van der Waals surface area contributed by atoms with Crippen molar-refractivity contribution in [3.05, 3.63) is 47.9 Å². The van der Waals surface area contributed by atoms with Crippen LogP contribution in [0, 0.1) is 0 Å². The molecule has 1 amide bonds. The Bertz CT molecular complexity index is 535. The summed E-state index contributed by atoms with van der Waals surface area (Å²) in [5.74, 6) is 0.965. The van der Waals surface area contributed by atoms with Gasteiger partial charge in [-0.2, -0.15) is 0 Å². The molecule has 94 valence electrons. The van der Waals surface area contributed by atoms with Gasteiger partial charge in [-0.25, -0.2) is 0 Å². The van der Waals surface area contributed by atoms with Crippen LogP contribution < -0.4 is 15.8 Å². The summed E-state index contributed by atoms with van der Waals surface area (Å²) < 4.78 is 10.4. The van der Waals surface area contributed by atoms with Gasteiger partial charge in [0, 0.05) is 5.56 Å². The summed E-state index contributed by atoms with van der Waals surface area (Å²) in [6.07, 6.45) is 1.61. The number of primary amides is 1. The average molecular weight is 246 g/mol. The van der Waals surface area contributed by atoms with Crippen molar-refractivity contribution >= 4 is 11.6 Å². The first-order chi connectivity index (χ1) is 8.70. The number of carbonyl (C=O) groups is 1. The lowest BCUT2D eigenvalue weighted by Gasteiger charge is -2.11. The zero-order chi connectivity index (χ0) is 13.0. The summed E-state index contributed by atoms with van der Waals surface area (Å²) in [5.41, 5.74) is 6.37. The molecule has 0 saturated heterocycles. The van der Waals surface area contributed by atoms with E-state index in [1.165, 1.54) is 0 Å². The molecule has 0 bridgehead atoms. The van der Waals surface area contributed by atoms with Crippen LogP contribution in [-0.2, 0) is 6.54 Å². The molecule has 0 fully saturated rings. The SMILES string of the molecule is COc1ccc(C(N)=O)cc1NCc1ccco1. The molecule has 0 saturated carbocycles. The lowest BCUT2D eigenvalue weighted by Crippen LogP contribution is -2.11. The maximum absolute atomic E-state index is 11.1. The minimum Gasteiger partial charge on any atom is -0.495 e. The smallest absolute Gasteiger partial charge is 0.248 e. The van der Waals surface area contributed by atoms with E-state index >= 15 is 0 Å². The van der Waals surface area contributed by atoms with Crippen molar-refractivity contribution in [2.45, 2.75) is 6.54 Å². The molecule has 0 spiro atoms. The first-order valence-corrected chi connectivity index (χ1v) is 5.45. The quantitative estimate of drug-likeness (QED) is 0.845. The van der Waals surface area contributed by atoms with E-state index in [1.807, 2.05) is 12.1 Å². The van der Waals surface area contributed by atoms with E-state index in [1.54, 1.807) is 31.6 Å². The van der Waals surface area contributed by atoms with Crippen LogP contribution in [0.5, 0.6) is 5.75 Å². The second-order valence-corrected chi connectivity index (χ2v) is 3.71. The lowest BCUT2D eigenvalue weighted by atomic mass is 10.1. The molecule has 1 aromatic heterocycles. The Balaban J connectivity index is 2.18. The van der Waals surface area contributed by atoms with Gasteiger partial charge in [0.05, 0.1) is 25.6 Å². The van der Waals surface area contributed by atoms with E-state index in [-0.39, 0.29) is 0 Å². The highest BCUT2D eigenvalue weighted by Crippen LogP contribution is 2.25. The predicted molar refractivity (Wildman–Crippen MR) is 67.5 cm³/mol. The maximum Gasteiger partial charge on any atom is 0.248 e. The summed E-state index contributed by atoms with van der Waals surface area (Å²) in [6, 6.07) is 8.65. The molecule has 2 aromatic rings. The number of nitrogens with one attached hydrogen (secondary N) is 1. The molecular weight excluding hydrogens is 232 g/mol. The summed E-state index contributed by atoms with van der Waals surface area (Å²) in [5, 5.41) is 3.14. The third-order valence-electron chi connectivity index (χ3n) is 2.52. The number of ether oxygens (including phenoxy) is 1. The third kappa shape index (κ3) is 2.63. The van der Waals surface area contributed by atoms with Gasteiger partial charge in [0.2, 0.25) is 5.91 Å². The van der Waals surface area contributed by atoms with Crippen molar-refractivity contribution in [3.63, 3.8) is 0 Å². The fourth-order valence-corrected chi connectivity index (χ4v) is 1.59. The molecule has 3 N–H and O–H groups in total. The Morgan fingerprint density at radius 2 is 2.28 bits per heavy atom. The number of benzene rings is 1. The maximum atomic E-state index is 11.1. The van der Waals surface area contributed by atoms with Gasteiger partial charge in [0.25, 0.3) is 0 Å². The minimum atomic E-state index is -0.473. The first kappa shape index (κ1) is 12.0. The summed E-state index contributed by atoms with van der Waals surface area (Å²) >= 11 is 0. The third-order valence-corrected chi connectivity index (χ3v) is 2.52. The van der Waals surface area contributed by atoms with Gasteiger partial charge in [-0.15, -0.1) is 0 Å². The van der Waals surface area contributed by atoms with Gasteiger partial charge in [0.15, 0.2) is 0 Å². The molecule has 0 aliphatic rings. The van der Waals surface area contributed by atoms with Crippen molar-refractivity contribution in [1.82, 2.24) is 0 Å². The topological polar surface area (TPSA) is 77.5 Å². The van der Waals surface area contributed by atoms with E-state index in [9.17, 15) is 4.79 Å². The Kier molecular flexibility index (Phi) is 3.52. The van der Waals surface area contributed by atoms with Gasteiger partial charge in [-0.1, -0.05) is 0 Å². The van der Waals surface area contributed by atoms with E-state index in [0.717, 1.165) is 5.76 Å². The fraction of sp³-hybridized carbons (Fsp3) is 0.154. The van der Waals surface area contributed by atoms with Crippen molar-refractivity contribution in [2.24, 2.45) is 5.73 Å². The van der Waals surface area contributed by atoms with Crippen molar-refractivity contribution < 1.29 is 13.9 Å². The molecule has 5 nitrogen and oxygen atoms in total. The zero-order valence-electron chi connectivity index (χ0n) is 9.97. The number of carbonyl (C=O) groups excluding carboxylic acids is 1. The normalized spacial score (nSPS) is 10.1. The predicted octanol–water partition coefficient (Wildman–Crippen LogP) is 2.00. The van der Waals surface area contributed by atoms with Crippen LogP contribution in [-0.4, -0.2) is 13.0 Å². The minimum absolute atomic E-state index is 0.428. The van der Waals surface area contributed by atoms with Crippen LogP contribution in [0.3, 0.4) is 0 Å². The van der Waals surface area contributed by atoms with Gasteiger partial charge >= 0.3 is 0 Å². The number of furan rings is 1. The standard InChI is InChI=1S/C13H14N2O3/c1-17-12-5-4-9(13(14)16)7-11(12)15-8-10-3-2-6-18-10/h2-7,15H,8H2,1H3,(H2,14,16). The number of anilines is 1. The molecule has 0 radical (unpaired) electrons. The zero-order valence-corrected chi connectivity index (χ0v) is 9.97. The van der Waals surface area contributed by atoms with Crippen molar-refractivity contribution in [1.29, 1.82) is 0 Å². The molecular formula is C13H14N2O3. The fourth-order valence-electron chi connectivity index (χ4n) is 1.59. The van der Waals surface area contributed by atoms with Crippen LogP contribution >= 0.6 is 0 Å². The van der Waals surface area contributed by atoms with Crippen LogP contribution in [0.25, 0.3) is 0 Å². The Morgan fingerprint density at radius 1 is 1.44 bits per heavy atom.